The largest absolute Gasteiger partial charge is 0.395 e. The molecule has 0 aromatic heterocycles. The molecule has 0 aromatic carbocycles. The summed E-state index contributed by atoms with van der Waals surface area (Å²) >= 11 is 0. The first kappa shape index (κ1) is 13.9. The molecule has 4 N–H and O–H groups in total. The molecule has 0 aromatic rings. The standard InChI is InChI=1S/C11H23NO4/c1-3-7(4-2)12-5-9(14)11(16)10(15)8(12)6-13/h7-11,13-16H,3-6H2,1-2H3/t8-,9-,10+,11+/m0/s1. The van der Waals surface area contributed by atoms with Crippen molar-refractivity contribution < 1.29 is 20.4 Å². The fourth-order valence-electron chi connectivity index (χ4n) is 2.50. The van der Waals surface area contributed by atoms with Gasteiger partial charge in [-0.3, -0.25) is 4.90 Å². The van der Waals surface area contributed by atoms with Crippen molar-refractivity contribution in [2.45, 2.75) is 57.1 Å². The molecule has 0 bridgehead atoms. The van der Waals surface area contributed by atoms with Gasteiger partial charge in [0.05, 0.1) is 18.8 Å². The molecular formula is C11H23NO4. The highest BCUT2D eigenvalue weighted by molar-refractivity contribution is 4.96. The van der Waals surface area contributed by atoms with Gasteiger partial charge in [-0.15, -0.1) is 0 Å². The van der Waals surface area contributed by atoms with Crippen molar-refractivity contribution in [3.05, 3.63) is 0 Å². The van der Waals surface area contributed by atoms with E-state index in [2.05, 4.69) is 0 Å². The monoisotopic (exact) mass is 233 g/mol. The molecule has 1 heterocycles. The molecule has 1 aliphatic heterocycles. The maximum absolute atomic E-state index is 9.81. The van der Waals surface area contributed by atoms with Gasteiger partial charge in [-0.05, 0) is 12.8 Å². The Morgan fingerprint density at radius 1 is 1.12 bits per heavy atom. The lowest BCUT2D eigenvalue weighted by Crippen LogP contribution is -2.64. The normalized spacial score (nSPS) is 36.9. The van der Waals surface area contributed by atoms with Gasteiger partial charge in [0, 0.05) is 12.6 Å². The van der Waals surface area contributed by atoms with Crippen LogP contribution in [-0.2, 0) is 0 Å². The number of likely N-dealkylation sites (tertiary alicyclic amines) is 1. The molecule has 1 fully saturated rings. The molecule has 0 unspecified atom stereocenters. The SMILES string of the molecule is CCC(CC)N1C[C@H](O)[C@@H](O)[C@H](O)[C@@H]1CO. The van der Waals surface area contributed by atoms with Gasteiger partial charge in [0.2, 0.25) is 0 Å². The van der Waals surface area contributed by atoms with E-state index in [1.54, 1.807) is 0 Å². The van der Waals surface area contributed by atoms with E-state index in [4.69, 9.17) is 0 Å². The van der Waals surface area contributed by atoms with Gasteiger partial charge in [0.15, 0.2) is 0 Å². The summed E-state index contributed by atoms with van der Waals surface area (Å²) in [7, 11) is 0. The van der Waals surface area contributed by atoms with Crippen molar-refractivity contribution in [2.75, 3.05) is 13.2 Å². The Morgan fingerprint density at radius 2 is 1.69 bits per heavy atom. The van der Waals surface area contributed by atoms with Crippen molar-refractivity contribution in [2.24, 2.45) is 0 Å². The molecule has 1 rings (SSSR count). The zero-order valence-electron chi connectivity index (χ0n) is 9.95. The van der Waals surface area contributed by atoms with Crippen molar-refractivity contribution in [1.82, 2.24) is 4.90 Å². The summed E-state index contributed by atoms with van der Waals surface area (Å²) in [6.07, 6.45) is -1.42. The van der Waals surface area contributed by atoms with E-state index in [-0.39, 0.29) is 12.6 Å². The summed E-state index contributed by atoms with van der Waals surface area (Å²) in [5.74, 6) is 0. The zero-order valence-corrected chi connectivity index (χ0v) is 9.95. The van der Waals surface area contributed by atoms with E-state index in [0.717, 1.165) is 12.8 Å². The molecule has 5 nitrogen and oxygen atoms in total. The van der Waals surface area contributed by atoms with E-state index in [1.165, 1.54) is 0 Å². The Bertz CT molecular complexity index is 210. The second kappa shape index (κ2) is 5.93. The predicted molar refractivity (Wildman–Crippen MR) is 60.0 cm³/mol. The quantitative estimate of drug-likeness (QED) is 0.497. The second-order valence-electron chi connectivity index (χ2n) is 4.47. The van der Waals surface area contributed by atoms with E-state index in [9.17, 15) is 20.4 Å². The lowest BCUT2D eigenvalue weighted by Gasteiger charge is -2.46. The third-order valence-corrected chi connectivity index (χ3v) is 3.56. The summed E-state index contributed by atoms with van der Waals surface area (Å²) < 4.78 is 0. The van der Waals surface area contributed by atoms with Crippen molar-refractivity contribution in [3.8, 4) is 0 Å². The van der Waals surface area contributed by atoms with Crippen LogP contribution in [0.2, 0.25) is 0 Å². The van der Waals surface area contributed by atoms with Gasteiger partial charge in [-0.25, -0.2) is 0 Å². The van der Waals surface area contributed by atoms with Gasteiger partial charge in [0.1, 0.15) is 12.2 Å². The minimum absolute atomic E-state index is 0.207. The highest BCUT2D eigenvalue weighted by Gasteiger charge is 2.42. The van der Waals surface area contributed by atoms with Crippen molar-refractivity contribution in [3.63, 3.8) is 0 Å². The Kier molecular flexibility index (Phi) is 5.14. The maximum atomic E-state index is 9.81. The molecule has 1 aliphatic rings. The van der Waals surface area contributed by atoms with Crippen LogP contribution in [0, 0.1) is 0 Å². The van der Waals surface area contributed by atoms with Gasteiger partial charge in [-0.2, -0.15) is 0 Å². The third kappa shape index (κ3) is 2.55. The zero-order chi connectivity index (χ0) is 12.3. The van der Waals surface area contributed by atoms with Gasteiger partial charge >= 0.3 is 0 Å². The van der Waals surface area contributed by atoms with Gasteiger partial charge < -0.3 is 20.4 Å². The number of nitrogens with zero attached hydrogens (tertiary/aromatic N) is 1. The Balaban J connectivity index is 2.81. The topological polar surface area (TPSA) is 84.2 Å². The lowest BCUT2D eigenvalue weighted by molar-refractivity contribution is -0.154. The van der Waals surface area contributed by atoms with Crippen LogP contribution in [0.1, 0.15) is 26.7 Å². The van der Waals surface area contributed by atoms with Crippen LogP contribution in [0.25, 0.3) is 0 Å². The molecule has 0 amide bonds. The molecule has 0 radical (unpaired) electrons. The molecular weight excluding hydrogens is 210 g/mol. The van der Waals surface area contributed by atoms with E-state index in [1.807, 2.05) is 18.7 Å². The van der Waals surface area contributed by atoms with Crippen LogP contribution in [-0.4, -0.2) is 68.9 Å². The van der Waals surface area contributed by atoms with E-state index in [0.29, 0.717) is 6.54 Å². The summed E-state index contributed by atoms with van der Waals surface area (Å²) in [6.45, 7) is 4.16. The molecule has 16 heavy (non-hydrogen) atoms. The first-order valence-electron chi connectivity index (χ1n) is 5.97. The first-order chi connectivity index (χ1) is 7.56. The number of aliphatic hydroxyl groups is 4. The van der Waals surface area contributed by atoms with Crippen molar-refractivity contribution in [1.29, 1.82) is 0 Å². The van der Waals surface area contributed by atoms with Gasteiger partial charge in [-0.1, -0.05) is 13.8 Å². The van der Waals surface area contributed by atoms with Crippen LogP contribution in [0.3, 0.4) is 0 Å². The Morgan fingerprint density at radius 3 is 2.12 bits per heavy atom. The molecule has 1 saturated heterocycles. The molecule has 5 heteroatoms. The summed E-state index contributed by atoms with van der Waals surface area (Å²) in [5.41, 5.74) is 0. The average molecular weight is 233 g/mol. The minimum Gasteiger partial charge on any atom is -0.395 e. The van der Waals surface area contributed by atoms with Crippen LogP contribution in [0.5, 0.6) is 0 Å². The first-order valence-corrected chi connectivity index (χ1v) is 5.97. The number of rotatable bonds is 4. The lowest BCUT2D eigenvalue weighted by atomic mass is 9.91. The fraction of sp³-hybridized carbons (Fsp3) is 1.00. The van der Waals surface area contributed by atoms with Gasteiger partial charge in [0.25, 0.3) is 0 Å². The number of β-amino-alcohol motifs (C(OH)–C–C–N with tert-alkyl or cyclic N) is 1. The van der Waals surface area contributed by atoms with Crippen LogP contribution >= 0.6 is 0 Å². The van der Waals surface area contributed by atoms with E-state index >= 15 is 0 Å². The number of aliphatic hydroxyl groups excluding tert-OH is 4. The molecule has 96 valence electrons. The van der Waals surface area contributed by atoms with Crippen LogP contribution in [0.15, 0.2) is 0 Å². The second-order valence-corrected chi connectivity index (χ2v) is 4.47. The Hall–Kier alpha value is -0.200. The van der Waals surface area contributed by atoms with Crippen LogP contribution in [0.4, 0.5) is 0 Å². The number of hydrogen-bond donors (Lipinski definition) is 4. The number of piperidine rings is 1. The summed E-state index contributed by atoms with van der Waals surface area (Å²) in [5, 5.41) is 38.3. The summed E-state index contributed by atoms with van der Waals surface area (Å²) in [6, 6.07) is -0.266. The number of hydrogen-bond acceptors (Lipinski definition) is 5. The third-order valence-electron chi connectivity index (χ3n) is 3.56. The highest BCUT2D eigenvalue weighted by atomic mass is 16.4. The molecule has 0 spiro atoms. The van der Waals surface area contributed by atoms with Crippen molar-refractivity contribution >= 4 is 0 Å². The summed E-state index contributed by atoms with van der Waals surface area (Å²) in [4.78, 5) is 1.90. The molecule has 4 atom stereocenters. The Labute approximate surface area is 96.3 Å². The minimum atomic E-state index is -1.16. The molecule has 0 saturated carbocycles. The predicted octanol–water partition coefficient (Wildman–Crippen LogP) is -1.07. The average Bonchev–Trinajstić information content (AvgIpc) is 2.28. The maximum Gasteiger partial charge on any atom is 0.109 e. The highest BCUT2D eigenvalue weighted by Crippen LogP contribution is 2.23. The van der Waals surface area contributed by atoms with E-state index < -0.39 is 24.4 Å². The fourth-order valence-corrected chi connectivity index (χ4v) is 2.50. The smallest absolute Gasteiger partial charge is 0.109 e. The van der Waals surface area contributed by atoms with Crippen LogP contribution < -0.4 is 0 Å². The molecule has 0 aliphatic carbocycles.